The molecule has 0 saturated carbocycles. The first kappa shape index (κ1) is 13.3. The number of hydrogen-bond acceptors (Lipinski definition) is 4. The first-order valence-electron chi connectivity index (χ1n) is 6.91. The monoisotopic (exact) mass is 280 g/mol. The second-order valence-electron chi connectivity index (χ2n) is 4.75. The van der Waals surface area contributed by atoms with Gasteiger partial charge in [-0.1, -0.05) is 18.2 Å². The molecule has 3 rings (SSSR count). The molecule has 0 atom stereocenters. The second-order valence-corrected chi connectivity index (χ2v) is 4.75. The molecule has 0 unspecified atom stereocenters. The van der Waals surface area contributed by atoms with Gasteiger partial charge in [0.25, 0.3) is 5.56 Å². The summed E-state index contributed by atoms with van der Waals surface area (Å²) in [5.41, 5.74) is 2.52. The van der Waals surface area contributed by atoms with Crippen LogP contribution in [-0.4, -0.2) is 21.1 Å². The molecule has 0 bridgehead atoms. The number of hydrogen-bond donors (Lipinski definition) is 1. The van der Waals surface area contributed by atoms with Crippen molar-refractivity contribution in [3.05, 3.63) is 64.7 Å². The van der Waals surface area contributed by atoms with E-state index in [1.807, 2.05) is 43.3 Å². The summed E-state index contributed by atoms with van der Waals surface area (Å²) >= 11 is 0. The molecule has 0 radical (unpaired) electrons. The van der Waals surface area contributed by atoms with Gasteiger partial charge in [-0.3, -0.25) is 4.79 Å². The van der Waals surface area contributed by atoms with E-state index >= 15 is 0 Å². The summed E-state index contributed by atoms with van der Waals surface area (Å²) in [6, 6.07) is 11.5. The molecule has 0 aliphatic rings. The highest BCUT2D eigenvalue weighted by atomic mass is 16.1. The number of aromatic nitrogens is 3. The molecule has 0 aliphatic heterocycles. The Balaban J connectivity index is 1.97. The Morgan fingerprint density at radius 3 is 2.71 bits per heavy atom. The van der Waals surface area contributed by atoms with Gasteiger partial charge in [-0.25, -0.2) is 9.97 Å². The van der Waals surface area contributed by atoms with Gasteiger partial charge < -0.3 is 9.88 Å². The Kier molecular flexibility index (Phi) is 3.64. The molecule has 0 amide bonds. The van der Waals surface area contributed by atoms with Crippen molar-refractivity contribution in [2.45, 2.75) is 13.5 Å². The summed E-state index contributed by atoms with van der Waals surface area (Å²) in [5, 5.41) is 3.15. The maximum Gasteiger partial charge on any atom is 0.269 e. The topological polar surface area (TPSA) is 59.8 Å². The van der Waals surface area contributed by atoms with Crippen LogP contribution in [0.5, 0.6) is 0 Å². The Morgan fingerprint density at radius 2 is 1.95 bits per heavy atom. The Labute approximate surface area is 122 Å². The summed E-state index contributed by atoms with van der Waals surface area (Å²) < 4.78 is 1.71. The number of rotatable bonds is 4. The van der Waals surface area contributed by atoms with Gasteiger partial charge in [0.05, 0.1) is 23.8 Å². The highest BCUT2D eigenvalue weighted by Gasteiger charge is 2.05. The van der Waals surface area contributed by atoms with Crippen LogP contribution < -0.4 is 10.9 Å². The zero-order chi connectivity index (χ0) is 14.7. The number of pyridine rings is 1. The number of nitrogens with zero attached hydrogens (tertiary/aromatic N) is 3. The van der Waals surface area contributed by atoms with Crippen molar-refractivity contribution in [2.24, 2.45) is 0 Å². The van der Waals surface area contributed by atoms with E-state index < -0.39 is 0 Å². The van der Waals surface area contributed by atoms with Crippen molar-refractivity contribution in [3.8, 4) is 0 Å². The van der Waals surface area contributed by atoms with Crippen LogP contribution in [0.2, 0.25) is 0 Å². The van der Waals surface area contributed by atoms with Crippen LogP contribution in [0.3, 0.4) is 0 Å². The summed E-state index contributed by atoms with van der Waals surface area (Å²) in [4.78, 5) is 20.6. The van der Waals surface area contributed by atoms with Gasteiger partial charge in [0, 0.05) is 12.7 Å². The molecule has 0 fully saturated rings. The Morgan fingerprint density at radius 1 is 1.10 bits per heavy atom. The third kappa shape index (κ3) is 2.76. The molecule has 5 nitrogen and oxygen atoms in total. The quantitative estimate of drug-likeness (QED) is 0.796. The van der Waals surface area contributed by atoms with E-state index in [2.05, 4.69) is 15.3 Å². The van der Waals surface area contributed by atoms with Crippen LogP contribution in [0.4, 0.5) is 5.82 Å². The zero-order valence-electron chi connectivity index (χ0n) is 11.8. The van der Waals surface area contributed by atoms with Crippen LogP contribution >= 0.6 is 0 Å². The van der Waals surface area contributed by atoms with Crippen LogP contribution in [0, 0.1) is 0 Å². The minimum Gasteiger partial charge on any atom is -0.370 e. The van der Waals surface area contributed by atoms with Crippen molar-refractivity contribution in [1.29, 1.82) is 0 Å². The van der Waals surface area contributed by atoms with E-state index in [9.17, 15) is 4.79 Å². The van der Waals surface area contributed by atoms with E-state index in [1.165, 1.54) is 6.20 Å². The van der Waals surface area contributed by atoms with Gasteiger partial charge in [-0.15, -0.1) is 0 Å². The number of benzene rings is 1. The lowest BCUT2D eigenvalue weighted by molar-refractivity contribution is 0.783. The van der Waals surface area contributed by atoms with Crippen molar-refractivity contribution in [2.75, 3.05) is 11.9 Å². The third-order valence-electron chi connectivity index (χ3n) is 3.28. The van der Waals surface area contributed by atoms with E-state index in [0.29, 0.717) is 6.54 Å². The predicted molar refractivity (Wildman–Crippen MR) is 83.5 cm³/mol. The minimum absolute atomic E-state index is 0.107. The first-order valence-corrected chi connectivity index (χ1v) is 6.91. The average molecular weight is 280 g/mol. The zero-order valence-corrected chi connectivity index (χ0v) is 11.8. The summed E-state index contributed by atoms with van der Waals surface area (Å²) in [5.74, 6) is 0.841. The van der Waals surface area contributed by atoms with E-state index in [0.717, 1.165) is 29.0 Å². The normalized spacial score (nSPS) is 10.7. The fraction of sp³-hybridized carbons (Fsp3) is 0.188. The number of para-hydroxylation sites is 2. The maximum absolute atomic E-state index is 12.1. The molecule has 2 heterocycles. The van der Waals surface area contributed by atoms with Crippen molar-refractivity contribution in [1.82, 2.24) is 14.5 Å². The van der Waals surface area contributed by atoms with E-state index in [4.69, 9.17) is 0 Å². The second kappa shape index (κ2) is 5.75. The van der Waals surface area contributed by atoms with Crippen molar-refractivity contribution < 1.29 is 0 Å². The Bertz CT molecular complexity index is 808. The molecule has 5 heteroatoms. The molecule has 1 N–H and O–H groups in total. The summed E-state index contributed by atoms with van der Waals surface area (Å²) in [6.45, 7) is 3.35. The molecular formula is C16H16N4O. The number of fused-ring (bicyclic) bond motifs is 1. The van der Waals surface area contributed by atoms with Crippen molar-refractivity contribution in [3.63, 3.8) is 0 Å². The van der Waals surface area contributed by atoms with Gasteiger partial charge in [0.15, 0.2) is 0 Å². The third-order valence-corrected chi connectivity index (χ3v) is 3.28. The molecule has 3 aromatic rings. The standard InChI is InChI=1S/C16H16N4O/c1-2-17-15-8-7-12(9-19-15)11-20-14-6-4-3-5-13(14)18-10-16(20)21/h3-10H,2,11H2,1H3,(H,17,19). The molecule has 106 valence electrons. The lowest BCUT2D eigenvalue weighted by Crippen LogP contribution is -2.21. The summed E-state index contributed by atoms with van der Waals surface area (Å²) in [6.07, 6.45) is 3.16. The SMILES string of the molecule is CCNc1ccc(Cn2c(=O)cnc3ccccc32)cn1. The Hall–Kier alpha value is -2.69. The minimum atomic E-state index is -0.107. The lowest BCUT2D eigenvalue weighted by atomic mass is 10.2. The fourth-order valence-electron chi connectivity index (χ4n) is 2.26. The lowest BCUT2D eigenvalue weighted by Gasteiger charge is -2.10. The van der Waals surface area contributed by atoms with E-state index in [-0.39, 0.29) is 5.56 Å². The van der Waals surface area contributed by atoms with Gasteiger partial charge >= 0.3 is 0 Å². The van der Waals surface area contributed by atoms with Gasteiger partial charge in [-0.05, 0) is 30.7 Å². The van der Waals surface area contributed by atoms with Crippen LogP contribution in [0.1, 0.15) is 12.5 Å². The van der Waals surface area contributed by atoms with Crippen LogP contribution in [0.15, 0.2) is 53.6 Å². The number of anilines is 1. The van der Waals surface area contributed by atoms with Crippen LogP contribution in [-0.2, 0) is 6.54 Å². The van der Waals surface area contributed by atoms with Gasteiger partial charge in [0.1, 0.15) is 5.82 Å². The highest BCUT2D eigenvalue weighted by molar-refractivity contribution is 5.74. The highest BCUT2D eigenvalue weighted by Crippen LogP contribution is 2.11. The van der Waals surface area contributed by atoms with Crippen LogP contribution in [0.25, 0.3) is 11.0 Å². The molecule has 21 heavy (non-hydrogen) atoms. The molecule has 2 aromatic heterocycles. The average Bonchev–Trinajstić information content (AvgIpc) is 2.52. The number of nitrogens with one attached hydrogen (secondary N) is 1. The smallest absolute Gasteiger partial charge is 0.269 e. The summed E-state index contributed by atoms with van der Waals surface area (Å²) in [7, 11) is 0. The van der Waals surface area contributed by atoms with E-state index in [1.54, 1.807) is 10.8 Å². The maximum atomic E-state index is 12.1. The van der Waals surface area contributed by atoms with Gasteiger partial charge in [-0.2, -0.15) is 0 Å². The molecule has 1 aromatic carbocycles. The molecule has 0 spiro atoms. The fourth-order valence-corrected chi connectivity index (χ4v) is 2.26. The first-order chi connectivity index (χ1) is 10.3. The van der Waals surface area contributed by atoms with Crippen molar-refractivity contribution >= 4 is 16.9 Å². The molecule has 0 saturated heterocycles. The predicted octanol–water partition coefficient (Wildman–Crippen LogP) is 2.27. The largest absolute Gasteiger partial charge is 0.370 e. The molecular weight excluding hydrogens is 264 g/mol. The van der Waals surface area contributed by atoms with Gasteiger partial charge in [0.2, 0.25) is 0 Å². The molecule has 0 aliphatic carbocycles.